The van der Waals surface area contributed by atoms with Gasteiger partial charge in [0.15, 0.2) is 0 Å². The van der Waals surface area contributed by atoms with Gasteiger partial charge in [-0.2, -0.15) is 0 Å². The third-order valence-electron chi connectivity index (χ3n) is 3.53. The number of aromatic nitrogens is 2. The topological polar surface area (TPSA) is 72.9 Å². The maximum Gasteiger partial charge on any atom is 0.244 e. The second-order valence-corrected chi connectivity index (χ2v) is 5.33. The van der Waals surface area contributed by atoms with Gasteiger partial charge in [-0.25, -0.2) is 4.98 Å². The minimum Gasteiger partial charge on any atom is -0.354 e. The molecule has 0 bridgehead atoms. The van der Waals surface area contributed by atoms with E-state index in [2.05, 4.69) is 10.3 Å². The molecule has 1 amide bonds. The number of benzene rings is 1. The molecule has 0 saturated heterocycles. The second-order valence-electron chi connectivity index (χ2n) is 5.33. The highest BCUT2D eigenvalue weighted by Gasteiger charge is 2.29. The summed E-state index contributed by atoms with van der Waals surface area (Å²) in [5, 5.41) is 2.91. The van der Waals surface area contributed by atoms with E-state index in [0.717, 1.165) is 24.9 Å². The Morgan fingerprint density at radius 3 is 2.76 bits per heavy atom. The predicted molar refractivity (Wildman–Crippen MR) is 82.5 cm³/mol. The Labute approximate surface area is 125 Å². The summed E-state index contributed by atoms with van der Waals surface area (Å²) in [4.78, 5) is 16.2. The van der Waals surface area contributed by atoms with E-state index in [4.69, 9.17) is 5.73 Å². The molecule has 5 heteroatoms. The van der Waals surface area contributed by atoms with Gasteiger partial charge in [-0.15, -0.1) is 0 Å². The van der Waals surface area contributed by atoms with E-state index in [1.807, 2.05) is 41.1 Å². The van der Waals surface area contributed by atoms with Gasteiger partial charge < -0.3 is 15.6 Å². The third kappa shape index (κ3) is 4.16. The van der Waals surface area contributed by atoms with Crippen molar-refractivity contribution in [3.63, 3.8) is 0 Å². The standard InChI is InChI=1S/C16H22N4O/c1-16(17,14-7-3-2-4-8-14)15(21)19-9-5-6-11-20-12-10-18-13-20/h2-4,7-8,10,12-13H,5-6,9,11,17H2,1H3,(H,19,21). The van der Waals surface area contributed by atoms with Crippen molar-refractivity contribution in [1.82, 2.24) is 14.9 Å². The Balaban J connectivity index is 1.74. The van der Waals surface area contributed by atoms with E-state index in [1.54, 1.807) is 19.4 Å². The zero-order chi connectivity index (χ0) is 15.1. The molecule has 1 unspecified atom stereocenters. The van der Waals surface area contributed by atoms with Crippen LogP contribution in [0.2, 0.25) is 0 Å². The van der Waals surface area contributed by atoms with E-state index < -0.39 is 5.54 Å². The van der Waals surface area contributed by atoms with Crippen LogP contribution in [0.25, 0.3) is 0 Å². The van der Waals surface area contributed by atoms with Gasteiger partial charge >= 0.3 is 0 Å². The normalized spacial score (nSPS) is 13.6. The van der Waals surface area contributed by atoms with Crippen LogP contribution in [0.15, 0.2) is 49.1 Å². The molecule has 0 saturated carbocycles. The van der Waals surface area contributed by atoms with Crippen molar-refractivity contribution in [3.05, 3.63) is 54.6 Å². The molecule has 1 aromatic carbocycles. The SMILES string of the molecule is CC(N)(C(=O)NCCCCn1ccnc1)c1ccccc1. The van der Waals surface area contributed by atoms with Crippen LogP contribution in [0.3, 0.4) is 0 Å². The van der Waals surface area contributed by atoms with Crippen LogP contribution >= 0.6 is 0 Å². The smallest absolute Gasteiger partial charge is 0.244 e. The van der Waals surface area contributed by atoms with Crippen molar-refractivity contribution in [3.8, 4) is 0 Å². The molecule has 1 aromatic heterocycles. The van der Waals surface area contributed by atoms with Crippen LogP contribution in [-0.2, 0) is 16.9 Å². The van der Waals surface area contributed by atoms with Crippen LogP contribution in [0.4, 0.5) is 0 Å². The number of aryl methyl sites for hydroxylation is 1. The fraction of sp³-hybridized carbons (Fsp3) is 0.375. The molecule has 0 spiro atoms. The number of unbranched alkanes of at least 4 members (excludes halogenated alkanes) is 1. The Hall–Kier alpha value is -2.14. The van der Waals surface area contributed by atoms with Crippen molar-refractivity contribution in [2.75, 3.05) is 6.54 Å². The number of imidazole rings is 1. The molecule has 5 nitrogen and oxygen atoms in total. The van der Waals surface area contributed by atoms with Crippen LogP contribution < -0.4 is 11.1 Å². The van der Waals surface area contributed by atoms with E-state index >= 15 is 0 Å². The van der Waals surface area contributed by atoms with Gasteiger partial charge in [-0.1, -0.05) is 30.3 Å². The number of amides is 1. The summed E-state index contributed by atoms with van der Waals surface area (Å²) in [5.74, 6) is -0.142. The van der Waals surface area contributed by atoms with Crippen molar-refractivity contribution < 1.29 is 4.79 Å². The Kier molecular flexibility index (Phi) is 5.11. The Morgan fingerprint density at radius 2 is 2.10 bits per heavy atom. The van der Waals surface area contributed by atoms with Crippen molar-refractivity contribution >= 4 is 5.91 Å². The summed E-state index contributed by atoms with van der Waals surface area (Å²) in [5.41, 5.74) is 5.97. The Morgan fingerprint density at radius 1 is 1.33 bits per heavy atom. The molecule has 2 rings (SSSR count). The van der Waals surface area contributed by atoms with Crippen molar-refractivity contribution in [2.45, 2.75) is 31.8 Å². The van der Waals surface area contributed by atoms with Gasteiger partial charge in [0.25, 0.3) is 0 Å². The van der Waals surface area contributed by atoms with Crippen molar-refractivity contribution in [1.29, 1.82) is 0 Å². The number of nitrogens with two attached hydrogens (primary N) is 1. The van der Waals surface area contributed by atoms with Crippen LogP contribution in [0, 0.1) is 0 Å². The minimum absolute atomic E-state index is 0.142. The first kappa shape index (κ1) is 15.3. The molecule has 0 fully saturated rings. The largest absolute Gasteiger partial charge is 0.354 e. The zero-order valence-electron chi connectivity index (χ0n) is 12.3. The van der Waals surface area contributed by atoms with E-state index in [9.17, 15) is 4.79 Å². The van der Waals surface area contributed by atoms with E-state index in [1.165, 1.54) is 0 Å². The van der Waals surface area contributed by atoms with Crippen LogP contribution in [-0.4, -0.2) is 22.0 Å². The van der Waals surface area contributed by atoms with Crippen LogP contribution in [0.5, 0.6) is 0 Å². The lowest BCUT2D eigenvalue weighted by molar-refractivity contribution is -0.126. The maximum atomic E-state index is 12.2. The number of rotatable bonds is 7. The number of carbonyl (C=O) groups excluding carboxylic acids is 1. The molecular weight excluding hydrogens is 264 g/mol. The number of carbonyl (C=O) groups is 1. The predicted octanol–water partition coefficient (Wildman–Crippen LogP) is 1.65. The first-order valence-corrected chi connectivity index (χ1v) is 7.19. The number of nitrogens with zero attached hydrogens (tertiary/aromatic N) is 2. The summed E-state index contributed by atoms with van der Waals surface area (Å²) < 4.78 is 2.03. The quantitative estimate of drug-likeness (QED) is 0.760. The van der Waals surface area contributed by atoms with Gasteiger partial charge in [0, 0.05) is 25.5 Å². The number of hydrogen-bond acceptors (Lipinski definition) is 3. The lowest BCUT2D eigenvalue weighted by atomic mass is 9.92. The summed E-state index contributed by atoms with van der Waals surface area (Å²) in [7, 11) is 0. The van der Waals surface area contributed by atoms with Gasteiger partial charge in [0.1, 0.15) is 5.54 Å². The summed E-state index contributed by atoms with van der Waals surface area (Å²) in [6, 6.07) is 9.43. The fourth-order valence-electron chi connectivity index (χ4n) is 2.14. The molecule has 1 atom stereocenters. The molecule has 112 valence electrons. The number of hydrogen-bond donors (Lipinski definition) is 2. The fourth-order valence-corrected chi connectivity index (χ4v) is 2.14. The highest BCUT2D eigenvalue weighted by molar-refractivity contribution is 5.86. The van der Waals surface area contributed by atoms with Gasteiger partial charge in [0.2, 0.25) is 5.91 Å². The number of nitrogens with one attached hydrogen (secondary N) is 1. The molecule has 0 aliphatic rings. The van der Waals surface area contributed by atoms with Crippen LogP contribution in [0.1, 0.15) is 25.3 Å². The molecule has 0 aliphatic carbocycles. The molecule has 1 heterocycles. The average molecular weight is 286 g/mol. The first-order valence-electron chi connectivity index (χ1n) is 7.19. The average Bonchev–Trinajstić information content (AvgIpc) is 3.01. The highest BCUT2D eigenvalue weighted by Crippen LogP contribution is 2.17. The van der Waals surface area contributed by atoms with E-state index in [0.29, 0.717) is 6.54 Å². The summed E-state index contributed by atoms with van der Waals surface area (Å²) >= 11 is 0. The lowest BCUT2D eigenvalue weighted by Crippen LogP contribution is -2.49. The second kappa shape index (κ2) is 7.04. The molecular formula is C16H22N4O. The summed E-state index contributed by atoms with van der Waals surface area (Å²) in [6.45, 7) is 3.28. The first-order chi connectivity index (χ1) is 10.1. The third-order valence-corrected chi connectivity index (χ3v) is 3.53. The molecule has 3 N–H and O–H groups in total. The lowest BCUT2D eigenvalue weighted by Gasteiger charge is -2.24. The molecule has 0 radical (unpaired) electrons. The molecule has 0 aliphatic heterocycles. The maximum absolute atomic E-state index is 12.2. The minimum atomic E-state index is -0.994. The summed E-state index contributed by atoms with van der Waals surface area (Å²) in [6.07, 6.45) is 7.40. The molecule has 2 aromatic rings. The highest BCUT2D eigenvalue weighted by atomic mass is 16.2. The van der Waals surface area contributed by atoms with Gasteiger partial charge in [-0.05, 0) is 25.3 Å². The van der Waals surface area contributed by atoms with Gasteiger partial charge in [-0.3, -0.25) is 4.79 Å². The monoisotopic (exact) mass is 286 g/mol. The zero-order valence-corrected chi connectivity index (χ0v) is 12.3. The molecule has 21 heavy (non-hydrogen) atoms. The van der Waals surface area contributed by atoms with Crippen molar-refractivity contribution in [2.24, 2.45) is 5.73 Å². The van der Waals surface area contributed by atoms with Gasteiger partial charge in [0.05, 0.1) is 6.33 Å². The van der Waals surface area contributed by atoms with E-state index in [-0.39, 0.29) is 5.91 Å². The Bertz CT molecular complexity index is 549.